The quantitative estimate of drug-likeness (QED) is 0.845. The van der Waals surface area contributed by atoms with Gasteiger partial charge in [0.25, 0.3) is 10.0 Å². The van der Waals surface area contributed by atoms with Crippen LogP contribution in [0.5, 0.6) is 5.75 Å². The number of hydrogen-bond donors (Lipinski definition) is 1. The van der Waals surface area contributed by atoms with Crippen molar-refractivity contribution >= 4 is 31.6 Å². The summed E-state index contributed by atoms with van der Waals surface area (Å²) in [6.45, 7) is 0. The van der Waals surface area contributed by atoms with E-state index in [1.807, 2.05) is 0 Å². The zero-order chi connectivity index (χ0) is 16.4. The van der Waals surface area contributed by atoms with E-state index in [1.165, 1.54) is 0 Å². The molecule has 0 saturated heterocycles. The average molecular weight is 396 g/mol. The SMILES string of the molecule is O=S(=O)(Nc1cccc(Br)c1)c1ccc(OC(F)(F)F)cc1. The first-order chi connectivity index (χ1) is 10.2. The Balaban J connectivity index is 2.19. The summed E-state index contributed by atoms with van der Waals surface area (Å²) in [7, 11) is -3.90. The summed E-state index contributed by atoms with van der Waals surface area (Å²) in [6.07, 6.45) is -4.82. The van der Waals surface area contributed by atoms with Crippen LogP contribution in [-0.4, -0.2) is 14.8 Å². The molecule has 0 aliphatic heterocycles. The second kappa shape index (κ2) is 6.17. The number of hydrogen-bond acceptors (Lipinski definition) is 3. The van der Waals surface area contributed by atoms with Gasteiger partial charge in [-0.2, -0.15) is 0 Å². The highest BCUT2D eigenvalue weighted by molar-refractivity contribution is 9.10. The Morgan fingerprint density at radius 3 is 2.23 bits per heavy atom. The number of rotatable bonds is 4. The van der Waals surface area contributed by atoms with E-state index in [4.69, 9.17) is 0 Å². The van der Waals surface area contributed by atoms with Gasteiger partial charge in [0.05, 0.1) is 4.90 Å². The molecule has 0 atom stereocenters. The highest BCUT2D eigenvalue weighted by atomic mass is 79.9. The summed E-state index contributed by atoms with van der Waals surface area (Å²) in [5, 5.41) is 0. The van der Waals surface area contributed by atoms with Crippen molar-refractivity contribution in [3.8, 4) is 5.75 Å². The van der Waals surface area contributed by atoms with Gasteiger partial charge in [-0.3, -0.25) is 4.72 Å². The second-order valence-corrected chi connectivity index (χ2v) is 6.73. The van der Waals surface area contributed by atoms with Crippen LogP contribution in [0.15, 0.2) is 57.9 Å². The third kappa shape index (κ3) is 4.63. The zero-order valence-electron chi connectivity index (χ0n) is 10.8. The minimum atomic E-state index is -4.82. The lowest BCUT2D eigenvalue weighted by Gasteiger charge is -2.11. The first-order valence-electron chi connectivity index (χ1n) is 5.80. The van der Waals surface area contributed by atoms with E-state index in [1.54, 1.807) is 24.3 Å². The molecule has 2 aromatic rings. The summed E-state index contributed by atoms with van der Waals surface area (Å²) in [6, 6.07) is 10.4. The van der Waals surface area contributed by atoms with Crippen LogP contribution in [0.4, 0.5) is 18.9 Å². The van der Waals surface area contributed by atoms with E-state index in [0.717, 1.165) is 24.3 Å². The summed E-state index contributed by atoms with van der Waals surface area (Å²) in [5.74, 6) is -0.492. The standard InChI is InChI=1S/C13H9BrF3NO3S/c14-9-2-1-3-10(8-9)18-22(19,20)12-6-4-11(5-7-12)21-13(15,16)17/h1-8,18H. The van der Waals surface area contributed by atoms with Crippen LogP contribution in [0.2, 0.25) is 0 Å². The van der Waals surface area contributed by atoms with Gasteiger partial charge < -0.3 is 4.74 Å². The van der Waals surface area contributed by atoms with E-state index in [0.29, 0.717) is 10.2 Å². The smallest absolute Gasteiger partial charge is 0.406 e. The van der Waals surface area contributed by atoms with Crippen LogP contribution < -0.4 is 9.46 Å². The molecule has 0 amide bonds. The van der Waals surface area contributed by atoms with Crippen molar-refractivity contribution in [3.63, 3.8) is 0 Å². The minimum Gasteiger partial charge on any atom is -0.406 e. The lowest BCUT2D eigenvalue weighted by atomic mass is 10.3. The normalized spacial score (nSPS) is 12.0. The zero-order valence-corrected chi connectivity index (χ0v) is 13.2. The number of nitrogens with one attached hydrogen (secondary N) is 1. The molecule has 0 fully saturated rings. The molecule has 22 heavy (non-hydrogen) atoms. The molecule has 0 spiro atoms. The number of anilines is 1. The molecule has 2 rings (SSSR count). The molecule has 0 bridgehead atoms. The molecule has 0 saturated carbocycles. The largest absolute Gasteiger partial charge is 0.573 e. The molecule has 0 heterocycles. The maximum atomic E-state index is 12.1. The summed E-state index contributed by atoms with van der Waals surface area (Å²) >= 11 is 3.21. The molecule has 0 aromatic heterocycles. The molecule has 2 aromatic carbocycles. The molecule has 118 valence electrons. The molecular formula is C13H9BrF3NO3S. The van der Waals surface area contributed by atoms with Crippen LogP contribution in [0.25, 0.3) is 0 Å². The summed E-state index contributed by atoms with van der Waals surface area (Å²) < 4.78 is 67.1. The third-order valence-corrected chi connectivity index (χ3v) is 4.33. The molecule has 4 nitrogen and oxygen atoms in total. The predicted octanol–water partition coefficient (Wildman–Crippen LogP) is 4.15. The van der Waals surface area contributed by atoms with Gasteiger partial charge in [-0.25, -0.2) is 8.42 Å². The first kappa shape index (κ1) is 16.6. The van der Waals surface area contributed by atoms with Gasteiger partial charge >= 0.3 is 6.36 Å². The highest BCUT2D eigenvalue weighted by Gasteiger charge is 2.31. The average Bonchev–Trinajstić information content (AvgIpc) is 2.36. The number of alkyl halides is 3. The van der Waals surface area contributed by atoms with E-state index in [9.17, 15) is 21.6 Å². The molecule has 0 aliphatic carbocycles. The van der Waals surface area contributed by atoms with Gasteiger partial charge in [0.15, 0.2) is 0 Å². The van der Waals surface area contributed by atoms with E-state index in [2.05, 4.69) is 25.4 Å². The van der Waals surface area contributed by atoms with Crippen molar-refractivity contribution in [1.82, 2.24) is 0 Å². The predicted molar refractivity (Wildman–Crippen MR) is 78.1 cm³/mol. The maximum absolute atomic E-state index is 12.1. The van der Waals surface area contributed by atoms with Crippen molar-refractivity contribution in [2.75, 3.05) is 4.72 Å². The van der Waals surface area contributed by atoms with Gasteiger partial charge in [0.1, 0.15) is 5.75 Å². The van der Waals surface area contributed by atoms with Crippen molar-refractivity contribution in [2.45, 2.75) is 11.3 Å². The second-order valence-electron chi connectivity index (χ2n) is 4.14. The number of benzene rings is 2. The third-order valence-electron chi connectivity index (χ3n) is 2.44. The monoisotopic (exact) mass is 395 g/mol. The molecule has 9 heteroatoms. The Labute approximate surface area is 133 Å². The van der Waals surface area contributed by atoms with Gasteiger partial charge in [-0.05, 0) is 42.5 Å². The molecular weight excluding hydrogens is 387 g/mol. The van der Waals surface area contributed by atoms with E-state index < -0.39 is 22.1 Å². The lowest BCUT2D eigenvalue weighted by molar-refractivity contribution is -0.274. The Hall–Kier alpha value is -1.74. The Morgan fingerprint density at radius 1 is 1.05 bits per heavy atom. The lowest BCUT2D eigenvalue weighted by Crippen LogP contribution is -2.17. The fourth-order valence-electron chi connectivity index (χ4n) is 1.59. The fraction of sp³-hybridized carbons (Fsp3) is 0.0769. The van der Waals surface area contributed by atoms with Crippen LogP contribution in [0, 0.1) is 0 Å². The van der Waals surface area contributed by atoms with Crippen molar-refractivity contribution in [1.29, 1.82) is 0 Å². The molecule has 0 aliphatic rings. The Kier molecular flexibility index (Phi) is 4.66. The number of halogens is 4. The first-order valence-corrected chi connectivity index (χ1v) is 8.07. The van der Waals surface area contributed by atoms with Crippen LogP contribution in [0.3, 0.4) is 0 Å². The van der Waals surface area contributed by atoms with Crippen molar-refractivity contribution in [2.24, 2.45) is 0 Å². The van der Waals surface area contributed by atoms with Crippen molar-refractivity contribution in [3.05, 3.63) is 53.0 Å². The molecule has 1 N–H and O–H groups in total. The number of sulfonamides is 1. The van der Waals surface area contributed by atoms with Gasteiger partial charge in [0.2, 0.25) is 0 Å². The number of ether oxygens (including phenoxy) is 1. The molecule has 0 radical (unpaired) electrons. The van der Waals surface area contributed by atoms with Crippen LogP contribution >= 0.6 is 15.9 Å². The minimum absolute atomic E-state index is 0.179. The topological polar surface area (TPSA) is 55.4 Å². The van der Waals surface area contributed by atoms with E-state index in [-0.39, 0.29) is 4.90 Å². The summed E-state index contributed by atoms with van der Waals surface area (Å²) in [5.41, 5.74) is 0.324. The van der Waals surface area contributed by atoms with Crippen LogP contribution in [0.1, 0.15) is 0 Å². The van der Waals surface area contributed by atoms with E-state index >= 15 is 0 Å². The summed E-state index contributed by atoms with van der Waals surface area (Å²) in [4.78, 5) is -0.179. The highest BCUT2D eigenvalue weighted by Crippen LogP contribution is 2.25. The van der Waals surface area contributed by atoms with Crippen molar-refractivity contribution < 1.29 is 26.3 Å². The van der Waals surface area contributed by atoms with Crippen LogP contribution in [-0.2, 0) is 10.0 Å². The maximum Gasteiger partial charge on any atom is 0.573 e. The van der Waals surface area contributed by atoms with Gasteiger partial charge in [-0.15, -0.1) is 13.2 Å². The van der Waals surface area contributed by atoms with Gasteiger partial charge in [-0.1, -0.05) is 22.0 Å². The van der Waals surface area contributed by atoms with Gasteiger partial charge in [0, 0.05) is 10.2 Å². The Morgan fingerprint density at radius 2 is 1.68 bits per heavy atom. The fourth-order valence-corrected chi connectivity index (χ4v) is 3.04. The molecule has 0 unspecified atom stereocenters. The Bertz CT molecular complexity index is 761.